The molecule has 0 unspecified atom stereocenters. The summed E-state index contributed by atoms with van der Waals surface area (Å²) in [6, 6.07) is 0. The van der Waals surface area contributed by atoms with Crippen molar-refractivity contribution < 1.29 is 8.78 Å². The second kappa shape index (κ2) is 3.51. The highest BCUT2D eigenvalue weighted by Crippen LogP contribution is 2.27. The van der Waals surface area contributed by atoms with Gasteiger partial charge in [-0.3, -0.25) is 4.98 Å². The molecule has 0 aliphatic rings. The number of rotatable bonds is 1. The van der Waals surface area contributed by atoms with Gasteiger partial charge in [-0.25, -0.2) is 8.78 Å². The van der Waals surface area contributed by atoms with Crippen molar-refractivity contribution >= 4 is 28.3 Å². The molecule has 0 aliphatic heterocycles. The second-order valence-corrected chi connectivity index (χ2v) is 3.49. The van der Waals surface area contributed by atoms with Crippen LogP contribution < -0.4 is 5.73 Å². The van der Waals surface area contributed by atoms with E-state index in [1.165, 1.54) is 6.20 Å². The van der Waals surface area contributed by atoms with Gasteiger partial charge in [0.1, 0.15) is 5.69 Å². The molecule has 0 radical (unpaired) electrons. The van der Waals surface area contributed by atoms with Crippen LogP contribution in [0.5, 0.6) is 0 Å². The molecule has 5 heteroatoms. The van der Waals surface area contributed by atoms with E-state index in [0.29, 0.717) is 5.56 Å². The van der Waals surface area contributed by atoms with E-state index >= 15 is 0 Å². The van der Waals surface area contributed by atoms with Gasteiger partial charge in [-0.2, -0.15) is 0 Å². The number of pyridine rings is 1. The molecule has 1 heterocycles. The van der Waals surface area contributed by atoms with Crippen LogP contribution in [0.4, 0.5) is 14.5 Å². The SMILES string of the molecule is Cc1c(I)cnc(C(F)F)c1N. The summed E-state index contributed by atoms with van der Waals surface area (Å²) < 4.78 is 25.2. The molecule has 1 rings (SSSR count). The van der Waals surface area contributed by atoms with Crippen LogP contribution in [0.2, 0.25) is 0 Å². The van der Waals surface area contributed by atoms with Crippen molar-refractivity contribution in [1.82, 2.24) is 4.98 Å². The predicted octanol–water partition coefficient (Wildman–Crippen LogP) is 2.51. The summed E-state index contributed by atoms with van der Waals surface area (Å²) in [6.07, 6.45) is -1.20. The number of nitrogen functional groups attached to an aromatic ring is 1. The molecule has 0 spiro atoms. The minimum absolute atomic E-state index is 0.0944. The van der Waals surface area contributed by atoms with Gasteiger partial charge in [0.15, 0.2) is 0 Å². The maximum Gasteiger partial charge on any atom is 0.282 e. The Morgan fingerprint density at radius 1 is 1.58 bits per heavy atom. The van der Waals surface area contributed by atoms with Crippen molar-refractivity contribution in [3.05, 3.63) is 21.0 Å². The Morgan fingerprint density at radius 2 is 2.17 bits per heavy atom. The lowest BCUT2D eigenvalue weighted by Crippen LogP contribution is -2.02. The van der Waals surface area contributed by atoms with Crippen LogP contribution in [0.1, 0.15) is 17.7 Å². The number of anilines is 1. The zero-order valence-corrected chi connectivity index (χ0v) is 8.47. The molecule has 2 N–H and O–H groups in total. The molecule has 12 heavy (non-hydrogen) atoms. The number of hydrogen-bond donors (Lipinski definition) is 1. The summed E-state index contributed by atoms with van der Waals surface area (Å²) in [7, 11) is 0. The van der Waals surface area contributed by atoms with Gasteiger partial charge in [0.05, 0.1) is 5.69 Å². The van der Waals surface area contributed by atoms with E-state index in [2.05, 4.69) is 4.98 Å². The highest BCUT2D eigenvalue weighted by molar-refractivity contribution is 14.1. The number of alkyl halides is 2. The molecule has 0 fully saturated rings. The lowest BCUT2D eigenvalue weighted by atomic mass is 10.2. The summed E-state index contributed by atoms with van der Waals surface area (Å²) in [5.74, 6) is 0. The third kappa shape index (κ3) is 1.65. The summed E-state index contributed by atoms with van der Waals surface area (Å²) in [5, 5.41) is 0. The number of aromatic nitrogens is 1. The quantitative estimate of drug-likeness (QED) is 0.805. The average Bonchev–Trinajstić information content (AvgIpc) is 2.00. The number of nitrogens with zero attached hydrogens (tertiary/aromatic N) is 1. The van der Waals surface area contributed by atoms with Gasteiger partial charge >= 0.3 is 0 Å². The van der Waals surface area contributed by atoms with Gasteiger partial charge in [-0.05, 0) is 35.1 Å². The summed E-state index contributed by atoms with van der Waals surface area (Å²) in [5.41, 5.74) is 5.87. The van der Waals surface area contributed by atoms with Gasteiger partial charge in [0.2, 0.25) is 0 Å². The second-order valence-electron chi connectivity index (χ2n) is 2.33. The first-order valence-corrected chi connectivity index (χ1v) is 4.30. The highest BCUT2D eigenvalue weighted by atomic mass is 127. The zero-order valence-electron chi connectivity index (χ0n) is 6.31. The largest absolute Gasteiger partial charge is 0.397 e. The lowest BCUT2D eigenvalue weighted by Gasteiger charge is -2.07. The Balaban J connectivity index is 3.27. The number of nitrogens with two attached hydrogens (primary N) is 1. The molecule has 0 saturated carbocycles. The zero-order chi connectivity index (χ0) is 9.30. The minimum Gasteiger partial charge on any atom is -0.397 e. The first-order valence-electron chi connectivity index (χ1n) is 3.22. The Kier molecular flexibility index (Phi) is 2.81. The fourth-order valence-corrected chi connectivity index (χ4v) is 1.22. The average molecular weight is 284 g/mol. The molecule has 1 aromatic rings. The van der Waals surface area contributed by atoms with E-state index in [1.54, 1.807) is 6.92 Å². The molecular formula is C7H7F2IN2. The molecule has 0 bridgehead atoms. The van der Waals surface area contributed by atoms with Crippen molar-refractivity contribution in [1.29, 1.82) is 0 Å². The van der Waals surface area contributed by atoms with Crippen LogP contribution in [0.25, 0.3) is 0 Å². The minimum atomic E-state index is -2.60. The molecule has 0 saturated heterocycles. The molecule has 0 amide bonds. The smallest absolute Gasteiger partial charge is 0.282 e. The third-order valence-electron chi connectivity index (χ3n) is 1.56. The third-order valence-corrected chi connectivity index (χ3v) is 2.65. The van der Waals surface area contributed by atoms with Crippen molar-refractivity contribution in [3.8, 4) is 0 Å². The molecule has 1 aromatic heterocycles. The fraction of sp³-hybridized carbons (Fsp3) is 0.286. The monoisotopic (exact) mass is 284 g/mol. The van der Waals surface area contributed by atoms with E-state index in [-0.39, 0.29) is 11.4 Å². The Hall–Kier alpha value is -0.460. The van der Waals surface area contributed by atoms with Crippen LogP contribution in [0.15, 0.2) is 6.20 Å². The molecular weight excluding hydrogens is 277 g/mol. The van der Waals surface area contributed by atoms with Gasteiger partial charge in [0, 0.05) is 9.77 Å². The molecule has 0 aromatic carbocycles. The van der Waals surface area contributed by atoms with E-state index < -0.39 is 6.43 Å². The van der Waals surface area contributed by atoms with Gasteiger partial charge in [-0.1, -0.05) is 0 Å². The van der Waals surface area contributed by atoms with E-state index in [4.69, 9.17) is 5.73 Å². The number of hydrogen-bond acceptors (Lipinski definition) is 2. The Labute approximate surface area is 82.3 Å². The predicted molar refractivity (Wildman–Crippen MR) is 51.1 cm³/mol. The first kappa shape index (κ1) is 9.63. The fourth-order valence-electron chi connectivity index (χ4n) is 0.787. The Morgan fingerprint density at radius 3 is 2.67 bits per heavy atom. The summed E-state index contributed by atoms with van der Waals surface area (Å²) >= 11 is 2.00. The topological polar surface area (TPSA) is 38.9 Å². The maximum absolute atomic E-state index is 12.2. The summed E-state index contributed by atoms with van der Waals surface area (Å²) in [4.78, 5) is 3.56. The Bertz CT molecular complexity index is 302. The van der Waals surface area contributed by atoms with E-state index in [9.17, 15) is 8.78 Å². The number of halogens is 3. The standard InChI is InChI=1S/C7H7F2IN2/c1-3-4(10)2-12-6(5(3)11)7(8)9/h2,7H,11H2,1H3. The van der Waals surface area contributed by atoms with Crippen molar-refractivity contribution in [2.24, 2.45) is 0 Å². The lowest BCUT2D eigenvalue weighted by molar-refractivity contribution is 0.147. The van der Waals surface area contributed by atoms with Crippen LogP contribution in [-0.4, -0.2) is 4.98 Å². The van der Waals surface area contributed by atoms with E-state index in [0.717, 1.165) is 3.57 Å². The van der Waals surface area contributed by atoms with Crippen molar-refractivity contribution in [2.45, 2.75) is 13.3 Å². The molecule has 0 aliphatic carbocycles. The molecule has 66 valence electrons. The highest BCUT2D eigenvalue weighted by Gasteiger charge is 2.15. The van der Waals surface area contributed by atoms with Crippen LogP contribution in [0.3, 0.4) is 0 Å². The van der Waals surface area contributed by atoms with Crippen LogP contribution in [0, 0.1) is 10.5 Å². The van der Waals surface area contributed by atoms with Crippen LogP contribution >= 0.6 is 22.6 Å². The van der Waals surface area contributed by atoms with Gasteiger partial charge < -0.3 is 5.73 Å². The molecule has 2 nitrogen and oxygen atoms in total. The van der Waals surface area contributed by atoms with Gasteiger partial charge in [0.25, 0.3) is 6.43 Å². The van der Waals surface area contributed by atoms with Crippen LogP contribution in [-0.2, 0) is 0 Å². The first-order chi connectivity index (χ1) is 5.54. The van der Waals surface area contributed by atoms with Crippen molar-refractivity contribution in [3.63, 3.8) is 0 Å². The van der Waals surface area contributed by atoms with E-state index in [1.807, 2.05) is 22.6 Å². The maximum atomic E-state index is 12.2. The summed E-state index contributed by atoms with van der Waals surface area (Å²) in [6.45, 7) is 1.70. The molecule has 0 atom stereocenters. The van der Waals surface area contributed by atoms with Gasteiger partial charge in [-0.15, -0.1) is 0 Å². The normalized spacial score (nSPS) is 10.8. The van der Waals surface area contributed by atoms with Crippen molar-refractivity contribution in [2.75, 3.05) is 5.73 Å².